The first kappa shape index (κ1) is 32.8. The number of nitrogens with one attached hydrogen (secondary N) is 1. The van der Waals surface area contributed by atoms with Crippen LogP contribution >= 0.6 is 0 Å². The highest BCUT2D eigenvalue weighted by molar-refractivity contribution is 6.08. The van der Waals surface area contributed by atoms with Crippen LogP contribution in [0.2, 0.25) is 0 Å². The number of nitrogens with zero attached hydrogens (tertiary/aromatic N) is 1. The van der Waals surface area contributed by atoms with Gasteiger partial charge < -0.3 is 24.8 Å². The molecule has 4 bridgehead atoms. The van der Waals surface area contributed by atoms with Crippen LogP contribution < -0.4 is 5.32 Å². The SMILES string of the molecule is CC(C)NC(=O)N(CC1CCC2CC1C2(C)C)CC1(O)CCC2C34C=CC5(C=C3C(=O)c3ccco3)CC(O)CCC5(C)C4CCC21C. The van der Waals surface area contributed by atoms with Crippen molar-refractivity contribution in [1.82, 2.24) is 10.2 Å². The molecule has 11 unspecified atom stereocenters. The van der Waals surface area contributed by atoms with Crippen LogP contribution in [0.15, 0.2) is 46.6 Å². The van der Waals surface area contributed by atoms with Gasteiger partial charge in [0.15, 0.2) is 5.76 Å². The fourth-order valence-corrected chi connectivity index (χ4v) is 13.5. The van der Waals surface area contributed by atoms with Crippen molar-refractivity contribution in [3.8, 4) is 0 Å². The molecule has 1 aromatic heterocycles. The number of aliphatic hydroxyl groups is 2. The van der Waals surface area contributed by atoms with Crippen molar-refractivity contribution in [2.75, 3.05) is 13.1 Å². The van der Waals surface area contributed by atoms with E-state index in [0.717, 1.165) is 50.0 Å². The molecule has 1 aromatic rings. The molecule has 9 aliphatic rings. The first-order valence-corrected chi connectivity index (χ1v) is 19.1. The van der Waals surface area contributed by atoms with Crippen molar-refractivity contribution in [3.63, 3.8) is 0 Å². The molecule has 0 aliphatic heterocycles. The first-order valence-electron chi connectivity index (χ1n) is 19.1. The van der Waals surface area contributed by atoms with Crippen LogP contribution in [0.25, 0.3) is 0 Å². The van der Waals surface area contributed by atoms with E-state index in [1.54, 1.807) is 18.4 Å². The van der Waals surface area contributed by atoms with E-state index in [1.807, 2.05) is 18.7 Å². The summed E-state index contributed by atoms with van der Waals surface area (Å²) in [4.78, 5) is 30.5. The molecular formula is C41H58N2O5. The fraction of sp³-hybridized carbons (Fsp3) is 0.756. The topological polar surface area (TPSA) is 103 Å². The van der Waals surface area contributed by atoms with E-state index in [9.17, 15) is 19.8 Å². The molecule has 7 heteroatoms. The van der Waals surface area contributed by atoms with Crippen LogP contribution in [-0.4, -0.2) is 57.8 Å². The molecule has 262 valence electrons. The van der Waals surface area contributed by atoms with Gasteiger partial charge in [-0.2, -0.15) is 0 Å². The monoisotopic (exact) mass is 658 g/mol. The first-order chi connectivity index (χ1) is 22.6. The van der Waals surface area contributed by atoms with Gasteiger partial charge in [0.05, 0.1) is 24.5 Å². The summed E-state index contributed by atoms with van der Waals surface area (Å²) < 4.78 is 5.73. The molecule has 2 amide bonds. The Morgan fingerprint density at radius 2 is 1.73 bits per heavy atom. The Balaban J connectivity index is 1.17. The number of urea groups is 1. The third-order valence-corrected chi connectivity index (χ3v) is 16.3. The minimum atomic E-state index is -1.08. The van der Waals surface area contributed by atoms with E-state index in [0.29, 0.717) is 48.9 Å². The van der Waals surface area contributed by atoms with E-state index < -0.39 is 22.5 Å². The molecule has 0 aromatic carbocycles. The van der Waals surface area contributed by atoms with Crippen LogP contribution in [0.3, 0.4) is 0 Å². The van der Waals surface area contributed by atoms with Gasteiger partial charge in [-0.1, -0.05) is 45.9 Å². The molecule has 6 saturated carbocycles. The predicted molar refractivity (Wildman–Crippen MR) is 185 cm³/mol. The fourth-order valence-electron chi connectivity index (χ4n) is 13.5. The van der Waals surface area contributed by atoms with E-state index in [2.05, 4.69) is 51.2 Å². The van der Waals surface area contributed by atoms with Gasteiger partial charge >= 0.3 is 6.03 Å². The lowest BCUT2D eigenvalue weighted by molar-refractivity contribution is -0.176. The van der Waals surface area contributed by atoms with Crippen LogP contribution in [0.5, 0.6) is 0 Å². The number of hydrogen-bond acceptors (Lipinski definition) is 5. The number of ketones is 1. The van der Waals surface area contributed by atoms with Gasteiger partial charge in [0.1, 0.15) is 0 Å². The Labute approximate surface area is 287 Å². The lowest BCUT2D eigenvalue weighted by Gasteiger charge is -2.71. The van der Waals surface area contributed by atoms with Crippen LogP contribution in [0, 0.1) is 56.7 Å². The number of carbonyl (C=O) groups is 2. The van der Waals surface area contributed by atoms with Crippen LogP contribution in [-0.2, 0) is 0 Å². The van der Waals surface area contributed by atoms with E-state index in [4.69, 9.17) is 4.42 Å². The van der Waals surface area contributed by atoms with Crippen molar-refractivity contribution in [2.45, 2.75) is 123 Å². The summed E-state index contributed by atoms with van der Waals surface area (Å²) in [6, 6.07) is 3.48. The molecule has 0 saturated heterocycles. The van der Waals surface area contributed by atoms with E-state index in [1.165, 1.54) is 12.8 Å². The summed E-state index contributed by atoms with van der Waals surface area (Å²) in [7, 11) is 0. The van der Waals surface area contributed by atoms with Gasteiger partial charge in [-0.25, -0.2) is 4.79 Å². The molecule has 2 spiro atoms. The quantitative estimate of drug-likeness (QED) is 0.208. The van der Waals surface area contributed by atoms with Crippen molar-refractivity contribution in [3.05, 3.63) is 48.0 Å². The smallest absolute Gasteiger partial charge is 0.317 e. The second-order valence-corrected chi connectivity index (χ2v) is 18.8. The molecule has 10 rings (SSSR count). The Bertz CT molecular complexity index is 1540. The predicted octanol–water partition coefficient (Wildman–Crippen LogP) is 7.55. The van der Waals surface area contributed by atoms with E-state index in [-0.39, 0.29) is 40.5 Å². The van der Waals surface area contributed by atoms with Gasteiger partial charge in [-0.15, -0.1) is 0 Å². The molecule has 11 atom stereocenters. The Morgan fingerprint density at radius 3 is 2.42 bits per heavy atom. The van der Waals surface area contributed by atoms with Gasteiger partial charge in [-0.3, -0.25) is 4.79 Å². The van der Waals surface area contributed by atoms with Crippen LogP contribution in [0.4, 0.5) is 4.79 Å². The van der Waals surface area contributed by atoms with Gasteiger partial charge in [-0.05, 0) is 131 Å². The standard InChI is InChI=1S/C41H58N2O5/c1-25(2)42-35(46)43(23-26-9-10-27-20-29(26)36(27,3)4)24-40(47)16-13-33-38(40,6)15-12-32-37(5)14-11-28(44)21-39(37)17-18-41(32,33)30(22-39)34(45)31-8-7-19-48-31/h7-8,17-19,22,25-29,32-33,44,47H,9-16,20-21,23-24H2,1-6H3,(H,42,46). The normalized spacial score (nSPS) is 46.2. The number of aliphatic hydroxyl groups excluding tert-OH is 1. The Morgan fingerprint density at radius 1 is 1.00 bits per heavy atom. The lowest BCUT2D eigenvalue weighted by Crippen LogP contribution is -2.67. The second-order valence-electron chi connectivity index (χ2n) is 18.8. The van der Waals surface area contributed by atoms with Gasteiger partial charge in [0, 0.05) is 34.4 Å². The molecule has 9 aliphatic carbocycles. The molecule has 48 heavy (non-hydrogen) atoms. The summed E-state index contributed by atoms with van der Waals surface area (Å²) >= 11 is 0. The van der Waals surface area contributed by atoms with E-state index >= 15 is 0 Å². The number of amides is 2. The average Bonchev–Trinajstić information content (AvgIpc) is 3.66. The number of hydrogen-bond donors (Lipinski definition) is 3. The molecule has 6 fully saturated rings. The maximum absolute atomic E-state index is 14.5. The number of fused-ring (bicyclic) bond motifs is 3. The summed E-state index contributed by atoms with van der Waals surface area (Å²) in [6.45, 7) is 14.5. The molecule has 3 N–H and O–H groups in total. The van der Waals surface area contributed by atoms with Gasteiger partial charge in [0.25, 0.3) is 0 Å². The minimum Gasteiger partial charge on any atom is -0.461 e. The minimum absolute atomic E-state index is 0.0108. The summed E-state index contributed by atoms with van der Waals surface area (Å²) in [5.41, 5.74) is -1.47. The zero-order valence-electron chi connectivity index (χ0n) is 30.1. The van der Waals surface area contributed by atoms with Crippen molar-refractivity contribution in [2.24, 2.45) is 56.7 Å². The third kappa shape index (κ3) is 4.18. The van der Waals surface area contributed by atoms with Crippen molar-refractivity contribution < 1.29 is 24.2 Å². The highest BCUT2D eigenvalue weighted by atomic mass is 16.3. The summed E-state index contributed by atoms with van der Waals surface area (Å²) in [5.74, 6) is 2.41. The highest BCUT2D eigenvalue weighted by Crippen LogP contribution is 2.78. The molecular weight excluding hydrogens is 600 g/mol. The number of rotatable bonds is 7. The third-order valence-electron chi connectivity index (χ3n) is 16.3. The number of allylic oxidation sites excluding steroid dienone is 4. The largest absolute Gasteiger partial charge is 0.461 e. The maximum Gasteiger partial charge on any atom is 0.317 e. The molecule has 1 heterocycles. The zero-order chi connectivity index (χ0) is 34.1. The summed E-state index contributed by atoms with van der Waals surface area (Å²) in [6.07, 6.45) is 17.2. The Hall–Kier alpha value is -2.38. The molecule has 0 radical (unpaired) electrons. The second kappa shape index (κ2) is 10.6. The zero-order valence-corrected chi connectivity index (χ0v) is 30.1. The van der Waals surface area contributed by atoms with Crippen molar-refractivity contribution >= 4 is 11.8 Å². The number of carbonyl (C=O) groups excluding carboxylic acids is 2. The maximum atomic E-state index is 14.5. The summed E-state index contributed by atoms with van der Waals surface area (Å²) in [5, 5.41) is 27.2. The average molecular weight is 659 g/mol. The number of Topliss-reactive ketones (excluding diaryl/α,β-unsaturated/α-hetero) is 1. The van der Waals surface area contributed by atoms with Crippen molar-refractivity contribution in [1.29, 1.82) is 0 Å². The van der Waals surface area contributed by atoms with Gasteiger partial charge in [0.2, 0.25) is 5.78 Å². The lowest BCUT2D eigenvalue weighted by atomic mass is 9.32. The number of furan rings is 1. The van der Waals surface area contributed by atoms with Crippen LogP contribution in [0.1, 0.15) is 116 Å². The Kier molecular flexibility index (Phi) is 7.22. The molecule has 7 nitrogen and oxygen atoms in total. The highest BCUT2D eigenvalue weighted by Gasteiger charge is 2.74.